The molecule has 2 N–H and O–H groups in total. The van der Waals surface area contributed by atoms with Crippen LogP contribution < -0.4 is 10.2 Å². The monoisotopic (exact) mass is 545 g/mol. The van der Waals surface area contributed by atoms with Crippen molar-refractivity contribution in [2.75, 3.05) is 18.5 Å². The summed E-state index contributed by atoms with van der Waals surface area (Å²) in [5.74, 6) is -2.32. The smallest absolute Gasteiger partial charge is 0.268 e. The maximum Gasteiger partial charge on any atom is 0.268 e. The number of benzene rings is 3. The molecule has 194 valence electrons. The van der Waals surface area contributed by atoms with Crippen LogP contribution in [0.2, 0.25) is 5.02 Å². The van der Waals surface area contributed by atoms with Crippen LogP contribution in [0.15, 0.2) is 77.7 Å². The minimum absolute atomic E-state index is 0.0445. The Morgan fingerprint density at radius 1 is 1.11 bits per heavy atom. The van der Waals surface area contributed by atoms with Gasteiger partial charge >= 0.3 is 0 Å². The lowest BCUT2D eigenvalue weighted by molar-refractivity contribution is -0.149. The van der Waals surface area contributed by atoms with E-state index < -0.39 is 33.3 Å². The van der Waals surface area contributed by atoms with Crippen LogP contribution in [0.3, 0.4) is 0 Å². The Hall–Kier alpha value is -3.31. The molecular formula is C26H25ClFN3O5S. The fraction of sp³-hybridized carbons (Fsp3) is 0.231. The van der Waals surface area contributed by atoms with Crippen LogP contribution in [0.5, 0.6) is 0 Å². The van der Waals surface area contributed by atoms with Crippen molar-refractivity contribution in [2.24, 2.45) is 0 Å². The molecular weight excluding hydrogens is 521 g/mol. The Morgan fingerprint density at radius 2 is 1.78 bits per heavy atom. The highest BCUT2D eigenvalue weighted by atomic mass is 35.5. The van der Waals surface area contributed by atoms with Crippen molar-refractivity contribution in [1.29, 1.82) is 0 Å². The SMILES string of the molecule is CN(Cc1ccccc1)S(=O)(=O)c1ccc(N2CC[C@](O)(C(=O)NCc3cc(F)cc(Cl)c3)C2=O)cc1. The predicted octanol–water partition coefficient (Wildman–Crippen LogP) is 3.08. The van der Waals surface area contributed by atoms with Crippen molar-refractivity contribution < 1.29 is 27.5 Å². The summed E-state index contributed by atoms with van der Waals surface area (Å²) in [6.45, 7) is 0.114. The van der Waals surface area contributed by atoms with Crippen molar-refractivity contribution >= 4 is 39.1 Å². The number of sulfonamides is 1. The molecule has 0 saturated carbocycles. The normalized spacial score (nSPS) is 17.9. The highest BCUT2D eigenvalue weighted by Gasteiger charge is 2.51. The van der Waals surface area contributed by atoms with E-state index in [0.29, 0.717) is 11.3 Å². The average Bonchev–Trinajstić information content (AvgIpc) is 3.18. The van der Waals surface area contributed by atoms with Gasteiger partial charge in [-0.2, -0.15) is 4.31 Å². The summed E-state index contributed by atoms with van der Waals surface area (Å²) in [5.41, 5.74) is -0.753. The Morgan fingerprint density at radius 3 is 2.43 bits per heavy atom. The third kappa shape index (κ3) is 5.67. The molecule has 0 radical (unpaired) electrons. The van der Waals surface area contributed by atoms with Crippen LogP contribution in [-0.2, 0) is 32.7 Å². The van der Waals surface area contributed by atoms with E-state index in [2.05, 4.69) is 5.32 Å². The second kappa shape index (κ2) is 10.6. The van der Waals surface area contributed by atoms with Gasteiger partial charge in [0, 0.05) is 43.8 Å². The molecule has 8 nitrogen and oxygen atoms in total. The molecule has 0 aliphatic carbocycles. The molecule has 3 aromatic carbocycles. The third-order valence-corrected chi connectivity index (χ3v) is 8.19. The quantitative estimate of drug-likeness (QED) is 0.423. The molecule has 1 aliphatic heterocycles. The molecule has 3 aromatic rings. The first-order valence-electron chi connectivity index (χ1n) is 11.4. The number of hydrogen-bond donors (Lipinski definition) is 2. The van der Waals surface area contributed by atoms with Gasteiger partial charge in [0.2, 0.25) is 15.6 Å². The van der Waals surface area contributed by atoms with Crippen LogP contribution >= 0.6 is 11.6 Å². The summed E-state index contributed by atoms with van der Waals surface area (Å²) in [6, 6.07) is 18.6. The lowest BCUT2D eigenvalue weighted by Crippen LogP contribution is -2.52. The lowest BCUT2D eigenvalue weighted by atomic mass is 10.0. The number of halogens is 2. The van der Waals surface area contributed by atoms with E-state index in [-0.39, 0.29) is 36.0 Å². The van der Waals surface area contributed by atoms with Crippen LogP contribution in [0.25, 0.3) is 0 Å². The summed E-state index contributed by atoms with van der Waals surface area (Å²) in [7, 11) is -2.30. The minimum Gasteiger partial charge on any atom is -0.372 e. The van der Waals surface area contributed by atoms with Crippen molar-refractivity contribution in [3.63, 3.8) is 0 Å². The Balaban J connectivity index is 1.43. The van der Waals surface area contributed by atoms with Crippen LogP contribution in [0.4, 0.5) is 10.1 Å². The number of carbonyl (C=O) groups excluding carboxylic acids is 2. The molecule has 37 heavy (non-hydrogen) atoms. The average molecular weight is 546 g/mol. The van der Waals surface area contributed by atoms with E-state index in [9.17, 15) is 27.5 Å². The molecule has 0 bridgehead atoms. The minimum atomic E-state index is -3.79. The van der Waals surface area contributed by atoms with Crippen LogP contribution in [-0.4, -0.2) is 48.8 Å². The second-order valence-electron chi connectivity index (χ2n) is 8.77. The van der Waals surface area contributed by atoms with Gasteiger partial charge < -0.3 is 15.3 Å². The molecule has 0 spiro atoms. The molecule has 1 atom stereocenters. The van der Waals surface area contributed by atoms with Crippen LogP contribution in [0, 0.1) is 5.82 Å². The Bertz CT molecular complexity index is 1400. The highest BCUT2D eigenvalue weighted by Crippen LogP contribution is 2.30. The number of carbonyl (C=O) groups is 2. The number of amides is 2. The van der Waals surface area contributed by atoms with E-state index >= 15 is 0 Å². The Kier molecular flexibility index (Phi) is 7.65. The van der Waals surface area contributed by atoms with Gasteiger partial charge in [0.05, 0.1) is 4.90 Å². The zero-order valence-corrected chi connectivity index (χ0v) is 21.5. The molecule has 1 aliphatic rings. The standard InChI is InChI=1S/C26H25ClFN3O5S/c1-30(17-18-5-3-2-4-6-18)37(35,36)23-9-7-22(8-10-23)31-12-11-26(34,25(31)33)24(32)29-16-19-13-20(27)15-21(28)14-19/h2-10,13-15,34H,11-12,16-17H2,1H3,(H,29,32)/t26-/m0/s1. The molecule has 1 fully saturated rings. The van der Waals surface area contributed by atoms with Crippen molar-refractivity contribution in [3.05, 3.63) is 94.8 Å². The first-order chi connectivity index (χ1) is 17.5. The van der Waals surface area contributed by atoms with Gasteiger partial charge in [-0.05, 0) is 53.6 Å². The van der Waals surface area contributed by atoms with Gasteiger partial charge in [0.25, 0.3) is 11.8 Å². The van der Waals surface area contributed by atoms with E-state index in [1.54, 1.807) is 0 Å². The fourth-order valence-electron chi connectivity index (χ4n) is 4.11. The molecule has 4 rings (SSSR count). The van der Waals surface area contributed by atoms with E-state index in [0.717, 1.165) is 11.6 Å². The number of anilines is 1. The zero-order valence-electron chi connectivity index (χ0n) is 19.9. The number of nitrogens with zero attached hydrogens (tertiary/aromatic N) is 2. The van der Waals surface area contributed by atoms with E-state index in [4.69, 9.17) is 11.6 Å². The van der Waals surface area contributed by atoms with Gasteiger partial charge in [-0.25, -0.2) is 12.8 Å². The van der Waals surface area contributed by atoms with Crippen molar-refractivity contribution in [3.8, 4) is 0 Å². The number of nitrogens with one attached hydrogen (secondary N) is 1. The summed E-state index contributed by atoms with van der Waals surface area (Å²) < 4.78 is 40.7. The molecule has 11 heteroatoms. The molecule has 2 amide bonds. The molecule has 1 heterocycles. The summed E-state index contributed by atoms with van der Waals surface area (Å²) in [5, 5.41) is 13.4. The lowest BCUT2D eigenvalue weighted by Gasteiger charge is -2.22. The maximum absolute atomic E-state index is 13.5. The van der Waals surface area contributed by atoms with Crippen molar-refractivity contribution in [1.82, 2.24) is 9.62 Å². The fourth-order valence-corrected chi connectivity index (χ4v) is 5.51. The zero-order chi connectivity index (χ0) is 26.8. The number of rotatable bonds is 8. The summed E-state index contributed by atoms with van der Waals surface area (Å²) >= 11 is 5.82. The maximum atomic E-state index is 13.5. The van der Waals surface area contributed by atoms with Gasteiger partial charge in [-0.3, -0.25) is 9.59 Å². The third-order valence-electron chi connectivity index (χ3n) is 6.15. The van der Waals surface area contributed by atoms with Gasteiger partial charge in [-0.1, -0.05) is 41.9 Å². The molecule has 0 unspecified atom stereocenters. The highest BCUT2D eigenvalue weighted by molar-refractivity contribution is 7.89. The number of hydrogen-bond acceptors (Lipinski definition) is 5. The summed E-state index contributed by atoms with van der Waals surface area (Å²) in [6.07, 6.45) is -0.165. The van der Waals surface area contributed by atoms with Gasteiger partial charge in [0.1, 0.15) is 5.82 Å². The molecule has 0 aromatic heterocycles. The van der Waals surface area contributed by atoms with Crippen LogP contribution in [0.1, 0.15) is 17.5 Å². The van der Waals surface area contributed by atoms with E-state index in [1.807, 2.05) is 30.3 Å². The van der Waals surface area contributed by atoms with Gasteiger partial charge in [0.15, 0.2) is 0 Å². The second-order valence-corrected chi connectivity index (χ2v) is 11.2. The topological polar surface area (TPSA) is 107 Å². The first kappa shape index (κ1) is 26.7. The first-order valence-corrected chi connectivity index (χ1v) is 13.2. The number of aliphatic hydroxyl groups is 1. The Labute approximate surface area is 219 Å². The largest absolute Gasteiger partial charge is 0.372 e. The summed E-state index contributed by atoms with van der Waals surface area (Å²) in [4.78, 5) is 26.9. The van der Waals surface area contributed by atoms with E-state index in [1.165, 1.54) is 52.7 Å². The molecule has 1 saturated heterocycles. The predicted molar refractivity (Wildman–Crippen MR) is 137 cm³/mol. The van der Waals surface area contributed by atoms with Gasteiger partial charge in [-0.15, -0.1) is 0 Å². The van der Waals surface area contributed by atoms with Crippen molar-refractivity contribution in [2.45, 2.75) is 30.0 Å².